The van der Waals surface area contributed by atoms with Crippen LogP contribution in [0.1, 0.15) is 17.4 Å². The summed E-state index contributed by atoms with van der Waals surface area (Å²) >= 11 is 3.28. The van der Waals surface area contributed by atoms with Gasteiger partial charge in [-0.05, 0) is 33.6 Å². The minimum absolute atomic E-state index is 0.00448. The largest absolute Gasteiger partial charge is 0.435 e. The summed E-state index contributed by atoms with van der Waals surface area (Å²) in [5.41, 5.74) is 0.983. The molecule has 1 aromatic heterocycles. The molecule has 0 saturated heterocycles. The van der Waals surface area contributed by atoms with Crippen molar-refractivity contribution >= 4 is 15.9 Å². The number of hydrogen-bond acceptors (Lipinski definition) is 3. The van der Waals surface area contributed by atoms with Gasteiger partial charge < -0.3 is 9.84 Å². The Labute approximate surface area is 116 Å². The molecule has 0 amide bonds. The lowest BCUT2D eigenvalue weighted by molar-refractivity contribution is -0.0499. The summed E-state index contributed by atoms with van der Waals surface area (Å²) in [4.78, 5) is 0. The number of benzene rings is 1. The number of aliphatic hydroxyl groups excluding tert-OH is 1. The first kappa shape index (κ1) is 14.0. The number of rotatable bonds is 4. The van der Waals surface area contributed by atoms with Crippen LogP contribution in [-0.2, 0) is 7.05 Å². The van der Waals surface area contributed by atoms with E-state index < -0.39 is 12.7 Å². The molecule has 0 radical (unpaired) electrons. The Morgan fingerprint density at radius 1 is 1.42 bits per heavy atom. The lowest BCUT2D eigenvalue weighted by Crippen LogP contribution is -2.08. The van der Waals surface area contributed by atoms with Gasteiger partial charge in [0.25, 0.3) is 0 Å². The third-order valence-corrected chi connectivity index (χ3v) is 3.21. The molecule has 0 bridgehead atoms. The fourth-order valence-corrected chi connectivity index (χ4v) is 2.31. The third-order valence-electron chi connectivity index (χ3n) is 2.60. The van der Waals surface area contributed by atoms with Crippen LogP contribution in [0.25, 0.3) is 0 Å². The van der Waals surface area contributed by atoms with Gasteiger partial charge in [-0.3, -0.25) is 4.68 Å². The van der Waals surface area contributed by atoms with Gasteiger partial charge in [0, 0.05) is 7.05 Å². The predicted octanol–water partition coefficient (Wildman–Crippen LogP) is 2.87. The first-order chi connectivity index (χ1) is 8.99. The quantitative estimate of drug-likeness (QED) is 0.936. The molecule has 0 aliphatic carbocycles. The van der Waals surface area contributed by atoms with Gasteiger partial charge in [-0.2, -0.15) is 13.9 Å². The second-order valence-electron chi connectivity index (χ2n) is 3.85. The fourth-order valence-electron chi connectivity index (χ4n) is 1.75. The van der Waals surface area contributed by atoms with E-state index in [-0.39, 0.29) is 5.75 Å². The number of aliphatic hydroxyl groups is 1. The lowest BCUT2D eigenvalue weighted by atomic mass is 10.1. The van der Waals surface area contributed by atoms with Gasteiger partial charge in [0.2, 0.25) is 0 Å². The monoisotopic (exact) mass is 332 g/mol. The van der Waals surface area contributed by atoms with Crippen LogP contribution in [0, 0.1) is 0 Å². The SMILES string of the molecule is Cn1ncc(Br)c1C(O)c1cccc(OC(F)F)c1. The second kappa shape index (κ2) is 5.66. The minimum atomic E-state index is -2.89. The van der Waals surface area contributed by atoms with Crippen molar-refractivity contribution in [3.05, 3.63) is 46.2 Å². The molecule has 1 unspecified atom stereocenters. The van der Waals surface area contributed by atoms with E-state index in [1.165, 1.54) is 16.8 Å². The van der Waals surface area contributed by atoms with E-state index >= 15 is 0 Å². The summed E-state index contributed by atoms with van der Waals surface area (Å²) in [5, 5.41) is 14.3. The van der Waals surface area contributed by atoms with Crippen molar-refractivity contribution in [3.63, 3.8) is 0 Å². The van der Waals surface area contributed by atoms with E-state index in [2.05, 4.69) is 25.8 Å². The van der Waals surface area contributed by atoms with Crippen molar-refractivity contribution in [2.45, 2.75) is 12.7 Å². The van der Waals surface area contributed by atoms with Gasteiger partial charge in [0.15, 0.2) is 0 Å². The molecular weight excluding hydrogens is 322 g/mol. The smallest absolute Gasteiger partial charge is 0.387 e. The topological polar surface area (TPSA) is 47.3 Å². The molecule has 1 atom stereocenters. The molecule has 2 rings (SSSR count). The Kier molecular flexibility index (Phi) is 4.16. The lowest BCUT2D eigenvalue weighted by Gasteiger charge is -2.13. The second-order valence-corrected chi connectivity index (χ2v) is 4.71. The molecule has 0 fully saturated rings. The first-order valence-corrected chi connectivity index (χ1v) is 6.18. The highest BCUT2D eigenvalue weighted by Crippen LogP contribution is 2.29. The molecule has 0 aliphatic rings. The fraction of sp³-hybridized carbons (Fsp3) is 0.250. The molecule has 19 heavy (non-hydrogen) atoms. The molecule has 7 heteroatoms. The van der Waals surface area contributed by atoms with E-state index in [1.54, 1.807) is 25.4 Å². The van der Waals surface area contributed by atoms with Crippen LogP contribution in [0.5, 0.6) is 5.75 Å². The van der Waals surface area contributed by atoms with Gasteiger partial charge in [-0.25, -0.2) is 0 Å². The van der Waals surface area contributed by atoms with E-state index in [0.29, 0.717) is 15.7 Å². The molecule has 1 N–H and O–H groups in total. The maximum absolute atomic E-state index is 12.1. The van der Waals surface area contributed by atoms with Crippen LogP contribution in [-0.4, -0.2) is 21.5 Å². The zero-order valence-corrected chi connectivity index (χ0v) is 11.5. The van der Waals surface area contributed by atoms with E-state index in [0.717, 1.165) is 0 Å². The van der Waals surface area contributed by atoms with Gasteiger partial charge >= 0.3 is 6.61 Å². The average Bonchev–Trinajstić information content (AvgIpc) is 2.68. The maximum atomic E-state index is 12.1. The van der Waals surface area contributed by atoms with Crippen molar-refractivity contribution in [1.29, 1.82) is 0 Å². The Morgan fingerprint density at radius 2 is 2.16 bits per heavy atom. The Bertz CT molecular complexity index is 555. The zero-order valence-electron chi connectivity index (χ0n) is 9.93. The van der Waals surface area contributed by atoms with Gasteiger partial charge in [-0.1, -0.05) is 12.1 Å². The summed E-state index contributed by atoms with van der Waals surface area (Å²) < 4.78 is 30.8. The highest BCUT2D eigenvalue weighted by Gasteiger charge is 2.19. The highest BCUT2D eigenvalue weighted by molar-refractivity contribution is 9.10. The summed E-state index contributed by atoms with van der Waals surface area (Å²) in [6, 6.07) is 5.94. The number of halogens is 3. The van der Waals surface area contributed by atoms with Gasteiger partial charge in [-0.15, -0.1) is 0 Å². The molecule has 1 aromatic carbocycles. The molecular formula is C12H11BrF2N2O2. The number of aryl methyl sites for hydroxylation is 1. The number of aromatic nitrogens is 2. The summed E-state index contributed by atoms with van der Waals surface area (Å²) in [7, 11) is 1.68. The van der Waals surface area contributed by atoms with E-state index in [4.69, 9.17) is 0 Å². The molecule has 0 spiro atoms. The third kappa shape index (κ3) is 3.10. The zero-order chi connectivity index (χ0) is 14.0. The van der Waals surface area contributed by atoms with Gasteiger partial charge in [0.1, 0.15) is 11.9 Å². The summed E-state index contributed by atoms with van der Waals surface area (Å²) in [5.74, 6) is 0.00448. The molecule has 4 nitrogen and oxygen atoms in total. The number of nitrogens with zero attached hydrogens (tertiary/aromatic N) is 2. The molecule has 2 aromatic rings. The van der Waals surface area contributed by atoms with Crippen LogP contribution in [0.15, 0.2) is 34.9 Å². The number of hydrogen-bond donors (Lipinski definition) is 1. The number of ether oxygens (including phenoxy) is 1. The van der Waals surface area contributed by atoms with Crippen LogP contribution in [0.2, 0.25) is 0 Å². The van der Waals surface area contributed by atoms with Crippen molar-refractivity contribution in [1.82, 2.24) is 9.78 Å². The minimum Gasteiger partial charge on any atom is -0.435 e. The van der Waals surface area contributed by atoms with Gasteiger partial charge in [0.05, 0.1) is 16.4 Å². The standard InChI is InChI=1S/C12H11BrF2N2O2/c1-17-10(9(13)6-16-17)11(18)7-3-2-4-8(5-7)19-12(14)15/h2-6,11-12,18H,1H3. The van der Waals surface area contributed by atoms with Crippen LogP contribution in [0.4, 0.5) is 8.78 Å². The molecule has 0 saturated carbocycles. The van der Waals surface area contributed by atoms with Crippen molar-refractivity contribution < 1.29 is 18.6 Å². The van der Waals surface area contributed by atoms with Crippen LogP contribution in [0.3, 0.4) is 0 Å². The summed E-state index contributed by atoms with van der Waals surface area (Å²) in [6.07, 6.45) is 0.570. The Balaban J connectivity index is 2.31. The van der Waals surface area contributed by atoms with Crippen molar-refractivity contribution in [2.24, 2.45) is 7.05 Å². The van der Waals surface area contributed by atoms with Crippen LogP contribution >= 0.6 is 15.9 Å². The Morgan fingerprint density at radius 3 is 2.74 bits per heavy atom. The molecule has 1 heterocycles. The first-order valence-electron chi connectivity index (χ1n) is 5.39. The molecule has 102 valence electrons. The Hall–Kier alpha value is -1.47. The molecule has 0 aliphatic heterocycles. The van der Waals surface area contributed by atoms with Crippen LogP contribution < -0.4 is 4.74 Å². The maximum Gasteiger partial charge on any atom is 0.387 e. The van der Waals surface area contributed by atoms with Crippen molar-refractivity contribution in [3.8, 4) is 5.75 Å². The highest BCUT2D eigenvalue weighted by atomic mass is 79.9. The predicted molar refractivity (Wildman–Crippen MR) is 68.0 cm³/mol. The normalized spacial score (nSPS) is 12.7. The number of alkyl halides is 2. The average molecular weight is 333 g/mol. The van der Waals surface area contributed by atoms with Crippen molar-refractivity contribution in [2.75, 3.05) is 0 Å². The van der Waals surface area contributed by atoms with E-state index in [9.17, 15) is 13.9 Å². The van der Waals surface area contributed by atoms with E-state index in [1.807, 2.05) is 0 Å². The summed E-state index contributed by atoms with van der Waals surface area (Å²) in [6.45, 7) is -2.89.